The zero-order valence-electron chi connectivity index (χ0n) is 38.6. The summed E-state index contributed by atoms with van der Waals surface area (Å²) in [6, 6.07) is 0. The third-order valence-corrected chi connectivity index (χ3v) is 17.0. The molecule has 6 aliphatic carbocycles. The molecule has 6 rings (SSSR count). The van der Waals surface area contributed by atoms with E-state index in [1.54, 1.807) is 11.1 Å². The van der Waals surface area contributed by atoms with Crippen LogP contribution in [-0.2, 0) is 0 Å². The first-order valence-corrected chi connectivity index (χ1v) is 24.2. The van der Waals surface area contributed by atoms with Crippen LogP contribution in [0.1, 0.15) is 184 Å². The van der Waals surface area contributed by atoms with Crippen molar-refractivity contribution >= 4 is 0 Å². The van der Waals surface area contributed by atoms with Crippen LogP contribution in [0.5, 0.6) is 0 Å². The maximum absolute atomic E-state index is 10.0. The fourth-order valence-corrected chi connectivity index (χ4v) is 12.9. The normalized spacial score (nSPS) is 37.9. The van der Waals surface area contributed by atoms with Crippen molar-refractivity contribution in [2.45, 2.75) is 197 Å². The van der Waals surface area contributed by atoms with Crippen molar-refractivity contribution in [1.29, 1.82) is 0 Å². The Morgan fingerprint density at radius 1 is 0.614 bits per heavy atom. The van der Waals surface area contributed by atoms with E-state index in [1.807, 2.05) is 0 Å². The smallest absolute Gasteiger partial charge is 0.0583 e. The van der Waals surface area contributed by atoms with Gasteiger partial charge in [0.05, 0.1) is 12.2 Å². The molecule has 0 aromatic rings. The van der Waals surface area contributed by atoms with E-state index in [1.165, 1.54) is 106 Å². The average Bonchev–Trinajstić information content (AvgIpc) is 3.71. The zero-order valence-corrected chi connectivity index (χ0v) is 38.6. The molecule has 6 fully saturated rings. The molecule has 2 N–H and O–H groups in total. The second kappa shape index (κ2) is 20.6. The van der Waals surface area contributed by atoms with Gasteiger partial charge in [-0.1, -0.05) is 153 Å². The summed E-state index contributed by atoms with van der Waals surface area (Å²) >= 11 is 0. The zero-order chi connectivity index (χ0) is 41.5. The van der Waals surface area contributed by atoms with Gasteiger partial charge in [-0.3, -0.25) is 0 Å². The molecule has 0 radical (unpaired) electrons. The summed E-state index contributed by atoms with van der Waals surface area (Å²) in [5.74, 6) is 6.95. The van der Waals surface area contributed by atoms with Crippen molar-refractivity contribution in [3.8, 4) is 0 Å². The van der Waals surface area contributed by atoms with Gasteiger partial charge in [-0.2, -0.15) is 0 Å². The molecule has 0 bridgehead atoms. The summed E-state index contributed by atoms with van der Waals surface area (Å²) in [7, 11) is 0. The van der Waals surface area contributed by atoms with Gasteiger partial charge in [-0.15, -0.1) is 0 Å². The first kappa shape index (κ1) is 46.2. The van der Waals surface area contributed by atoms with Crippen molar-refractivity contribution in [3.05, 3.63) is 83.1 Å². The first-order valence-electron chi connectivity index (χ1n) is 24.2. The molecule has 6 saturated carbocycles. The van der Waals surface area contributed by atoms with Crippen molar-refractivity contribution < 1.29 is 10.2 Å². The van der Waals surface area contributed by atoms with E-state index in [-0.39, 0.29) is 12.2 Å². The topological polar surface area (TPSA) is 40.5 Å². The van der Waals surface area contributed by atoms with Crippen LogP contribution in [-0.4, -0.2) is 22.4 Å². The van der Waals surface area contributed by atoms with Crippen LogP contribution in [0.15, 0.2) is 83.1 Å². The molecule has 2 heteroatoms. The van der Waals surface area contributed by atoms with Crippen molar-refractivity contribution in [3.63, 3.8) is 0 Å². The monoisotopic (exact) mass is 781 g/mol. The quantitative estimate of drug-likeness (QED) is 0.205. The standard InChI is InChI=1S/C28H44O.C27H44O/c1-19(2)20(3)9-10-22(5)26-15-16-27-23(8-7-17-28(26,27)6)12-13-24-18-25(29)14-11-21(24)4;1-19(2)8-6-9-21(4)25-15-16-26-22(10-7-17-27(25,26)5)12-13-23-18-24(28)14-11-20(23)3/h9-10,12-13,19-20,22,25-27,29H,4,7-8,11,14-18H2,1-3,5-6H3;12-13,19,21,24-26,28H,3,6-11,14-18H2,1-2,4-5H3/b10-9+,23-12+,24-13-;22-12+,23-13-/t20-,22+,25-,26?,27?,28+;21-,24+,25?,26?,27-/m01/s1. The van der Waals surface area contributed by atoms with E-state index in [9.17, 15) is 10.2 Å². The number of fused-ring (bicyclic) bond motifs is 2. The summed E-state index contributed by atoms with van der Waals surface area (Å²) < 4.78 is 0. The lowest BCUT2D eigenvalue weighted by Gasteiger charge is -2.44. The maximum Gasteiger partial charge on any atom is 0.0583 e. The molecular formula is C55H88O2. The Labute approximate surface area is 352 Å². The first-order chi connectivity index (χ1) is 27.0. The third-order valence-electron chi connectivity index (χ3n) is 17.0. The minimum Gasteiger partial charge on any atom is -0.393 e. The Hall–Kier alpha value is -1.90. The second-order valence-corrected chi connectivity index (χ2v) is 21.7. The predicted octanol–water partition coefficient (Wildman–Crippen LogP) is 15.3. The molecule has 11 atom stereocenters. The molecule has 320 valence electrons. The lowest BCUT2D eigenvalue weighted by molar-refractivity contribution is 0.0928. The summed E-state index contributed by atoms with van der Waals surface area (Å²) in [4.78, 5) is 0. The molecule has 0 saturated heterocycles. The molecule has 6 aliphatic rings. The third kappa shape index (κ3) is 11.5. The van der Waals surface area contributed by atoms with Gasteiger partial charge >= 0.3 is 0 Å². The van der Waals surface area contributed by atoms with Crippen LogP contribution in [0.3, 0.4) is 0 Å². The van der Waals surface area contributed by atoms with E-state index in [0.29, 0.717) is 22.7 Å². The molecular weight excluding hydrogens is 693 g/mol. The second-order valence-electron chi connectivity index (χ2n) is 21.7. The summed E-state index contributed by atoms with van der Waals surface area (Å²) in [6.07, 6.45) is 37.0. The minimum atomic E-state index is -0.182. The SMILES string of the molecule is C=C1CC[C@H](O)C/C1=C/C=C1\CCC[C@@]2(C)C1CCC2[C@H](C)/C=C/[C@H](C)C(C)C.C=C1CC[C@H](O)C/C1=C/C=C1\CCC[C@@]2(C)C1CCC2[C@H](C)CCCC(C)C. The maximum atomic E-state index is 10.0. The number of allylic oxidation sites excluding steroid dienone is 10. The number of hydrogen-bond acceptors (Lipinski definition) is 2. The van der Waals surface area contributed by atoms with Gasteiger partial charge in [-0.05, 0) is 178 Å². The lowest BCUT2D eigenvalue weighted by atomic mass is 9.60. The number of aliphatic hydroxyl groups excluding tert-OH is 2. The molecule has 0 heterocycles. The molecule has 0 amide bonds. The van der Waals surface area contributed by atoms with Crippen LogP contribution in [0, 0.1) is 64.1 Å². The van der Waals surface area contributed by atoms with Crippen LogP contribution in [0.4, 0.5) is 0 Å². The Morgan fingerprint density at radius 2 is 1.11 bits per heavy atom. The van der Waals surface area contributed by atoms with Gasteiger partial charge in [0.15, 0.2) is 0 Å². The molecule has 2 nitrogen and oxygen atoms in total. The van der Waals surface area contributed by atoms with Crippen LogP contribution >= 0.6 is 0 Å². The Morgan fingerprint density at radius 3 is 1.60 bits per heavy atom. The number of rotatable bonds is 11. The molecule has 0 aromatic heterocycles. The molecule has 57 heavy (non-hydrogen) atoms. The van der Waals surface area contributed by atoms with E-state index in [2.05, 4.69) is 112 Å². The van der Waals surface area contributed by atoms with Crippen molar-refractivity contribution in [2.75, 3.05) is 0 Å². The van der Waals surface area contributed by atoms with Gasteiger partial charge in [0.1, 0.15) is 0 Å². The van der Waals surface area contributed by atoms with Gasteiger partial charge in [0, 0.05) is 0 Å². The molecule has 0 aliphatic heterocycles. The fraction of sp³-hybridized carbons (Fsp3) is 0.745. The van der Waals surface area contributed by atoms with E-state index >= 15 is 0 Å². The highest BCUT2D eigenvalue weighted by Gasteiger charge is 2.51. The van der Waals surface area contributed by atoms with Crippen LogP contribution in [0.2, 0.25) is 0 Å². The van der Waals surface area contributed by atoms with Crippen LogP contribution < -0.4 is 0 Å². The highest BCUT2D eigenvalue weighted by molar-refractivity contribution is 5.37. The highest BCUT2D eigenvalue weighted by atomic mass is 16.3. The lowest BCUT2D eigenvalue weighted by Crippen LogP contribution is -2.36. The Kier molecular flexibility index (Phi) is 16.7. The molecule has 0 spiro atoms. The van der Waals surface area contributed by atoms with Crippen LogP contribution in [0.25, 0.3) is 0 Å². The largest absolute Gasteiger partial charge is 0.393 e. The van der Waals surface area contributed by atoms with E-state index in [0.717, 1.165) is 80.0 Å². The predicted molar refractivity (Wildman–Crippen MR) is 247 cm³/mol. The van der Waals surface area contributed by atoms with Crippen molar-refractivity contribution in [2.24, 2.45) is 64.1 Å². The number of aliphatic hydroxyl groups is 2. The summed E-state index contributed by atoms with van der Waals surface area (Å²) in [6.45, 7) is 30.3. The minimum absolute atomic E-state index is 0.172. The number of hydrogen-bond donors (Lipinski definition) is 2. The van der Waals surface area contributed by atoms with Crippen molar-refractivity contribution in [1.82, 2.24) is 0 Å². The van der Waals surface area contributed by atoms with Gasteiger partial charge in [0.2, 0.25) is 0 Å². The highest BCUT2D eigenvalue weighted by Crippen LogP contribution is 2.61. The Balaban J connectivity index is 0.000000218. The summed E-state index contributed by atoms with van der Waals surface area (Å²) in [5.41, 5.74) is 9.32. The van der Waals surface area contributed by atoms with Gasteiger partial charge in [-0.25, -0.2) is 0 Å². The van der Waals surface area contributed by atoms with Gasteiger partial charge < -0.3 is 10.2 Å². The van der Waals surface area contributed by atoms with Gasteiger partial charge in [0.25, 0.3) is 0 Å². The average molecular weight is 781 g/mol. The van der Waals surface area contributed by atoms with E-state index < -0.39 is 0 Å². The molecule has 4 unspecified atom stereocenters. The van der Waals surface area contributed by atoms with E-state index in [4.69, 9.17) is 0 Å². The fourth-order valence-electron chi connectivity index (χ4n) is 12.9. The molecule has 0 aromatic carbocycles. The Bertz CT molecular complexity index is 1510. The summed E-state index contributed by atoms with van der Waals surface area (Å²) in [5, 5.41) is 20.1.